The van der Waals surface area contributed by atoms with Gasteiger partial charge in [0, 0.05) is 18.2 Å². The second kappa shape index (κ2) is 9.64. The normalized spacial score (nSPS) is 12.5. The maximum Gasteiger partial charge on any atom is 0.127 e. The molecule has 0 aliphatic heterocycles. The molecule has 0 fully saturated rings. The smallest absolute Gasteiger partial charge is 0.127 e. The summed E-state index contributed by atoms with van der Waals surface area (Å²) in [6, 6.07) is 5.90. The molecule has 0 aliphatic rings. The maximum atomic E-state index is 9.39. The zero-order valence-corrected chi connectivity index (χ0v) is 13.7. The highest BCUT2D eigenvalue weighted by atomic mass is 16.5. The molecule has 0 amide bonds. The fraction of sp³-hybridized carbons (Fsp3) is 0.647. The Kier molecular flexibility index (Phi) is 8.16. The van der Waals surface area contributed by atoms with Crippen LogP contribution in [0.15, 0.2) is 18.2 Å². The van der Waals surface area contributed by atoms with E-state index in [0.29, 0.717) is 12.5 Å². The minimum absolute atomic E-state index is 0.286. The van der Waals surface area contributed by atoms with Crippen molar-refractivity contribution in [2.75, 3.05) is 19.8 Å². The minimum atomic E-state index is -0.485. The first-order valence-corrected chi connectivity index (χ1v) is 7.80. The molecule has 1 aromatic carbocycles. The molecule has 0 spiro atoms. The molecule has 1 unspecified atom stereocenters. The molecule has 0 heterocycles. The quantitative estimate of drug-likeness (QED) is 0.697. The molecule has 2 N–H and O–H groups in total. The van der Waals surface area contributed by atoms with Crippen LogP contribution >= 0.6 is 0 Å². The van der Waals surface area contributed by atoms with E-state index in [1.165, 1.54) is 0 Å². The Morgan fingerprint density at radius 1 is 1.19 bits per heavy atom. The number of aliphatic hydroxyl groups excluding tert-OH is 1. The predicted octanol–water partition coefficient (Wildman–Crippen LogP) is 2.98. The summed E-state index contributed by atoms with van der Waals surface area (Å²) < 4.78 is 11.3. The summed E-state index contributed by atoms with van der Waals surface area (Å²) >= 11 is 0. The van der Waals surface area contributed by atoms with Gasteiger partial charge in [0.2, 0.25) is 0 Å². The van der Waals surface area contributed by atoms with Crippen LogP contribution in [0.25, 0.3) is 0 Å². The van der Waals surface area contributed by atoms with E-state index in [1.807, 2.05) is 18.2 Å². The van der Waals surface area contributed by atoms with Crippen molar-refractivity contribution >= 4 is 0 Å². The van der Waals surface area contributed by atoms with Gasteiger partial charge in [0.1, 0.15) is 18.1 Å². The van der Waals surface area contributed by atoms with Gasteiger partial charge in [0.25, 0.3) is 0 Å². The van der Waals surface area contributed by atoms with E-state index in [2.05, 4.69) is 26.1 Å². The lowest BCUT2D eigenvalue weighted by Gasteiger charge is -2.16. The molecule has 0 radical (unpaired) electrons. The molecule has 0 aliphatic carbocycles. The van der Waals surface area contributed by atoms with Crippen molar-refractivity contribution in [2.45, 2.75) is 46.8 Å². The van der Waals surface area contributed by atoms with Gasteiger partial charge < -0.3 is 19.9 Å². The van der Waals surface area contributed by atoms with Gasteiger partial charge >= 0.3 is 0 Å². The summed E-state index contributed by atoms with van der Waals surface area (Å²) in [5, 5.41) is 12.8. The third-order valence-electron chi connectivity index (χ3n) is 2.86. The van der Waals surface area contributed by atoms with Crippen molar-refractivity contribution < 1.29 is 14.6 Å². The molecular weight excluding hydrogens is 266 g/mol. The number of hydrogen-bond acceptors (Lipinski definition) is 4. The number of aliphatic hydroxyl groups is 1. The van der Waals surface area contributed by atoms with E-state index in [9.17, 15) is 5.11 Å². The summed E-state index contributed by atoms with van der Waals surface area (Å²) in [5.74, 6) is 2.20. The summed E-state index contributed by atoms with van der Waals surface area (Å²) in [4.78, 5) is 0. The van der Waals surface area contributed by atoms with Crippen molar-refractivity contribution in [3.8, 4) is 11.5 Å². The highest BCUT2D eigenvalue weighted by Gasteiger charge is 2.08. The Morgan fingerprint density at radius 2 is 1.95 bits per heavy atom. The van der Waals surface area contributed by atoms with Crippen LogP contribution < -0.4 is 14.8 Å². The molecule has 0 saturated heterocycles. The molecule has 120 valence electrons. The monoisotopic (exact) mass is 295 g/mol. The molecule has 21 heavy (non-hydrogen) atoms. The predicted molar refractivity (Wildman–Crippen MR) is 85.9 cm³/mol. The molecule has 1 atom stereocenters. The third-order valence-corrected chi connectivity index (χ3v) is 2.86. The van der Waals surface area contributed by atoms with Gasteiger partial charge in [-0.3, -0.25) is 0 Å². The number of nitrogens with one attached hydrogen (secondary N) is 1. The SMILES string of the molecule is CCCOc1ccc(CNCC(C)C)c(OCC(C)O)c1. The first kappa shape index (κ1) is 17.8. The van der Waals surface area contributed by atoms with Gasteiger partial charge in [0.05, 0.1) is 12.7 Å². The van der Waals surface area contributed by atoms with E-state index in [1.54, 1.807) is 6.92 Å². The van der Waals surface area contributed by atoms with Crippen LogP contribution in [0.4, 0.5) is 0 Å². The van der Waals surface area contributed by atoms with Crippen LogP contribution in [0.1, 0.15) is 39.7 Å². The van der Waals surface area contributed by atoms with Crippen LogP contribution in [-0.4, -0.2) is 31.0 Å². The first-order chi connectivity index (χ1) is 10.0. The lowest BCUT2D eigenvalue weighted by molar-refractivity contribution is 0.122. The summed E-state index contributed by atoms with van der Waals surface area (Å²) in [6.45, 7) is 10.8. The average Bonchev–Trinajstić information content (AvgIpc) is 2.43. The van der Waals surface area contributed by atoms with E-state index in [4.69, 9.17) is 9.47 Å². The van der Waals surface area contributed by atoms with Crippen molar-refractivity contribution in [2.24, 2.45) is 5.92 Å². The molecule has 0 bridgehead atoms. The first-order valence-electron chi connectivity index (χ1n) is 7.80. The molecule has 1 rings (SSSR count). The molecule has 4 heteroatoms. The van der Waals surface area contributed by atoms with Crippen molar-refractivity contribution in [3.63, 3.8) is 0 Å². The lowest BCUT2D eigenvalue weighted by atomic mass is 10.1. The fourth-order valence-corrected chi connectivity index (χ4v) is 1.83. The lowest BCUT2D eigenvalue weighted by Crippen LogP contribution is -2.20. The standard InChI is InChI=1S/C17H29NO3/c1-5-8-20-16-7-6-15(11-18-10-13(2)3)17(9-16)21-12-14(4)19/h6-7,9,13-14,18-19H,5,8,10-12H2,1-4H3. The van der Waals surface area contributed by atoms with Gasteiger partial charge in [-0.05, 0) is 31.9 Å². The average molecular weight is 295 g/mol. The van der Waals surface area contributed by atoms with Crippen LogP contribution in [0.3, 0.4) is 0 Å². The van der Waals surface area contributed by atoms with Gasteiger partial charge in [-0.2, -0.15) is 0 Å². The van der Waals surface area contributed by atoms with Crippen molar-refractivity contribution in [1.29, 1.82) is 0 Å². The van der Waals surface area contributed by atoms with Gasteiger partial charge in [0.15, 0.2) is 0 Å². The fourth-order valence-electron chi connectivity index (χ4n) is 1.83. The Labute approximate surface area is 128 Å². The van der Waals surface area contributed by atoms with Crippen molar-refractivity contribution in [3.05, 3.63) is 23.8 Å². The number of ether oxygens (including phenoxy) is 2. The Hall–Kier alpha value is -1.26. The summed E-state index contributed by atoms with van der Waals surface area (Å²) in [6.07, 6.45) is 0.489. The molecular formula is C17H29NO3. The number of hydrogen-bond donors (Lipinski definition) is 2. The van der Waals surface area contributed by atoms with Crippen LogP contribution in [0.5, 0.6) is 11.5 Å². The largest absolute Gasteiger partial charge is 0.493 e. The highest BCUT2D eigenvalue weighted by molar-refractivity contribution is 5.40. The van der Waals surface area contributed by atoms with Crippen LogP contribution in [0, 0.1) is 5.92 Å². The molecule has 4 nitrogen and oxygen atoms in total. The molecule has 0 saturated carbocycles. The molecule has 0 aromatic heterocycles. The number of rotatable bonds is 10. The Balaban J connectivity index is 2.73. The summed E-state index contributed by atoms with van der Waals surface area (Å²) in [7, 11) is 0. The third kappa shape index (κ3) is 7.34. The second-order valence-corrected chi connectivity index (χ2v) is 5.80. The van der Waals surface area contributed by atoms with E-state index >= 15 is 0 Å². The van der Waals surface area contributed by atoms with E-state index < -0.39 is 6.10 Å². The highest BCUT2D eigenvalue weighted by Crippen LogP contribution is 2.25. The van der Waals surface area contributed by atoms with Crippen LogP contribution in [0.2, 0.25) is 0 Å². The minimum Gasteiger partial charge on any atom is -0.493 e. The second-order valence-electron chi connectivity index (χ2n) is 5.80. The maximum absolute atomic E-state index is 9.39. The van der Waals surface area contributed by atoms with E-state index in [-0.39, 0.29) is 6.61 Å². The summed E-state index contributed by atoms with van der Waals surface area (Å²) in [5.41, 5.74) is 1.08. The molecule has 1 aromatic rings. The van der Waals surface area contributed by atoms with Crippen molar-refractivity contribution in [1.82, 2.24) is 5.32 Å². The van der Waals surface area contributed by atoms with Gasteiger partial charge in [-0.1, -0.05) is 26.8 Å². The zero-order chi connectivity index (χ0) is 15.7. The zero-order valence-electron chi connectivity index (χ0n) is 13.7. The van der Waals surface area contributed by atoms with Crippen LogP contribution in [-0.2, 0) is 6.54 Å². The topological polar surface area (TPSA) is 50.7 Å². The Morgan fingerprint density at radius 3 is 2.57 bits per heavy atom. The van der Waals surface area contributed by atoms with E-state index in [0.717, 1.165) is 36.6 Å². The van der Waals surface area contributed by atoms with Gasteiger partial charge in [-0.25, -0.2) is 0 Å². The van der Waals surface area contributed by atoms with Gasteiger partial charge in [-0.15, -0.1) is 0 Å². The Bertz CT molecular complexity index is 405. The number of benzene rings is 1.